The van der Waals surface area contributed by atoms with Gasteiger partial charge in [0.2, 0.25) is 0 Å². The van der Waals surface area contributed by atoms with Crippen LogP contribution in [0.1, 0.15) is 52.8 Å². The summed E-state index contributed by atoms with van der Waals surface area (Å²) >= 11 is 0. The molecule has 0 bridgehead atoms. The Morgan fingerprint density at radius 1 is 0.657 bits per heavy atom. The van der Waals surface area contributed by atoms with E-state index in [9.17, 15) is 0 Å². The maximum absolute atomic E-state index is 6.70. The number of hydrogen-bond acceptors (Lipinski definition) is 3. The van der Waals surface area contributed by atoms with E-state index < -0.39 is 0 Å². The van der Waals surface area contributed by atoms with Crippen molar-refractivity contribution in [2.75, 3.05) is 0 Å². The Bertz CT molecular complexity index is 1760. The van der Waals surface area contributed by atoms with E-state index >= 15 is 0 Å². The molecule has 0 aliphatic heterocycles. The van der Waals surface area contributed by atoms with Crippen molar-refractivity contribution in [3.63, 3.8) is 0 Å². The van der Waals surface area contributed by atoms with Gasteiger partial charge in [0.05, 0.1) is 5.69 Å². The highest BCUT2D eigenvalue weighted by Gasteiger charge is 2.25. The molecule has 6 rings (SSSR count). The molecule has 0 amide bonds. The summed E-state index contributed by atoms with van der Waals surface area (Å²) in [6, 6.07) is 24.0. The molecule has 0 N–H and O–H groups in total. The van der Waals surface area contributed by atoms with E-state index in [1.807, 2.05) is 0 Å². The lowest BCUT2D eigenvalue weighted by Gasteiger charge is -2.21. The van der Waals surface area contributed by atoms with Gasteiger partial charge < -0.3 is 4.42 Å². The fraction of sp³-hybridized carbons (Fsp3) is 0.250. The third kappa shape index (κ3) is 3.49. The van der Waals surface area contributed by atoms with Crippen LogP contribution in [0.3, 0.4) is 0 Å². The van der Waals surface area contributed by atoms with Gasteiger partial charge in [0.1, 0.15) is 17.5 Å². The van der Waals surface area contributed by atoms with Crippen LogP contribution in [-0.2, 0) is 10.8 Å². The van der Waals surface area contributed by atoms with Crippen molar-refractivity contribution in [1.29, 1.82) is 0 Å². The van der Waals surface area contributed by atoms with Crippen molar-refractivity contribution < 1.29 is 4.42 Å². The van der Waals surface area contributed by atoms with Crippen LogP contribution in [0.25, 0.3) is 54.7 Å². The first-order valence-corrected chi connectivity index (χ1v) is 12.3. The summed E-state index contributed by atoms with van der Waals surface area (Å²) in [6.45, 7) is 13.3. The van der Waals surface area contributed by atoms with Gasteiger partial charge >= 0.3 is 0 Å². The topological polar surface area (TPSA) is 38.9 Å². The standard InChI is InChI=1S/C32H30N2O/c1-31(2,3)25-14-13-22(26-17-28(32(4,5)6)34-18-33-26)30-29(25)24-15-20-12-11-19-9-7-8-10-21(19)23(20)16-27(24)35-30/h7-18H,1-6H3. The molecule has 3 heteroatoms. The van der Waals surface area contributed by atoms with Crippen LogP contribution in [-0.4, -0.2) is 9.97 Å². The smallest absolute Gasteiger partial charge is 0.145 e. The summed E-state index contributed by atoms with van der Waals surface area (Å²) in [4.78, 5) is 9.20. The number of benzene rings is 4. The van der Waals surface area contributed by atoms with E-state index in [1.165, 1.54) is 32.5 Å². The largest absolute Gasteiger partial charge is 0.455 e. The summed E-state index contributed by atoms with van der Waals surface area (Å²) < 4.78 is 6.70. The molecule has 0 saturated carbocycles. The molecule has 3 nitrogen and oxygen atoms in total. The highest BCUT2D eigenvalue weighted by atomic mass is 16.3. The van der Waals surface area contributed by atoms with Crippen molar-refractivity contribution in [2.24, 2.45) is 0 Å². The van der Waals surface area contributed by atoms with Crippen LogP contribution in [0.15, 0.2) is 77.5 Å². The van der Waals surface area contributed by atoms with Crippen molar-refractivity contribution in [1.82, 2.24) is 9.97 Å². The molecule has 174 valence electrons. The van der Waals surface area contributed by atoms with Crippen LogP contribution < -0.4 is 0 Å². The fourth-order valence-electron chi connectivity index (χ4n) is 5.12. The van der Waals surface area contributed by atoms with Gasteiger partial charge in [-0.05, 0) is 56.8 Å². The zero-order valence-corrected chi connectivity index (χ0v) is 21.2. The minimum Gasteiger partial charge on any atom is -0.455 e. The van der Waals surface area contributed by atoms with Crippen LogP contribution in [0.2, 0.25) is 0 Å². The van der Waals surface area contributed by atoms with Gasteiger partial charge in [-0.1, -0.05) is 84.0 Å². The molecular weight excluding hydrogens is 428 g/mol. The summed E-state index contributed by atoms with van der Waals surface area (Å²) in [6.07, 6.45) is 1.67. The van der Waals surface area contributed by atoms with Gasteiger partial charge in [0.25, 0.3) is 0 Å². The van der Waals surface area contributed by atoms with Crippen LogP contribution in [0, 0.1) is 0 Å². The lowest BCUT2D eigenvalue weighted by Crippen LogP contribution is -2.14. The summed E-state index contributed by atoms with van der Waals surface area (Å²) in [5.74, 6) is 0. The minimum atomic E-state index is -0.0607. The average Bonchev–Trinajstić information content (AvgIpc) is 3.19. The van der Waals surface area contributed by atoms with Crippen molar-refractivity contribution in [2.45, 2.75) is 52.4 Å². The maximum Gasteiger partial charge on any atom is 0.145 e. The zero-order chi connectivity index (χ0) is 24.5. The molecule has 2 heterocycles. The van der Waals surface area contributed by atoms with Crippen LogP contribution >= 0.6 is 0 Å². The van der Waals surface area contributed by atoms with E-state index in [0.29, 0.717) is 0 Å². The van der Waals surface area contributed by atoms with Gasteiger partial charge in [-0.25, -0.2) is 9.97 Å². The summed E-state index contributed by atoms with van der Waals surface area (Å²) in [7, 11) is 0. The van der Waals surface area contributed by atoms with Crippen LogP contribution in [0.5, 0.6) is 0 Å². The number of aromatic nitrogens is 2. The second-order valence-corrected chi connectivity index (χ2v) is 11.6. The monoisotopic (exact) mass is 458 g/mol. The number of rotatable bonds is 1. The Hall–Kier alpha value is -3.72. The average molecular weight is 459 g/mol. The molecular formula is C32H30N2O. The van der Waals surface area contributed by atoms with Crippen molar-refractivity contribution in [3.8, 4) is 11.3 Å². The highest BCUT2D eigenvalue weighted by molar-refractivity contribution is 6.18. The lowest BCUT2D eigenvalue weighted by atomic mass is 9.83. The summed E-state index contributed by atoms with van der Waals surface area (Å²) in [5.41, 5.74) is 5.90. The van der Waals surface area contributed by atoms with Crippen molar-refractivity contribution >= 4 is 43.5 Å². The van der Waals surface area contributed by atoms with Gasteiger partial charge in [0.15, 0.2) is 0 Å². The molecule has 0 radical (unpaired) electrons. The molecule has 2 aromatic heterocycles. The fourth-order valence-corrected chi connectivity index (χ4v) is 5.12. The zero-order valence-electron chi connectivity index (χ0n) is 21.2. The molecule has 0 fully saturated rings. The van der Waals surface area contributed by atoms with Crippen molar-refractivity contribution in [3.05, 3.63) is 84.3 Å². The Kier molecular flexibility index (Phi) is 4.60. The first-order valence-electron chi connectivity index (χ1n) is 12.3. The number of fused-ring (bicyclic) bond motifs is 6. The first kappa shape index (κ1) is 21.8. The number of nitrogens with zero attached hydrogens (tertiary/aromatic N) is 2. The van der Waals surface area contributed by atoms with E-state index in [-0.39, 0.29) is 10.8 Å². The first-order chi connectivity index (χ1) is 16.6. The quantitative estimate of drug-likeness (QED) is 0.231. The van der Waals surface area contributed by atoms with E-state index in [4.69, 9.17) is 4.42 Å². The molecule has 0 atom stereocenters. The predicted octanol–water partition coefficient (Wildman–Crippen LogP) is 8.94. The molecule has 0 unspecified atom stereocenters. The molecule has 0 aliphatic carbocycles. The second-order valence-electron chi connectivity index (χ2n) is 11.6. The lowest BCUT2D eigenvalue weighted by molar-refractivity contribution is 0.567. The Morgan fingerprint density at radius 2 is 1.43 bits per heavy atom. The van der Waals surface area contributed by atoms with E-state index in [0.717, 1.165) is 33.5 Å². The molecule has 0 aliphatic rings. The molecule has 0 saturated heterocycles. The number of hydrogen-bond donors (Lipinski definition) is 0. The van der Waals surface area contributed by atoms with E-state index in [2.05, 4.69) is 118 Å². The Labute approximate surface area is 205 Å². The third-order valence-corrected chi connectivity index (χ3v) is 7.00. The predicted molar refractivity (Wildman–Crippen MR) is 147 cm³/mol. The molecule has 0 spiro atoms. The minimum absolute atomic E-state index is 0.0336. The van der Waals surface area contributed by atoms with Gasteiger partial charge in [-0.3, -0.25) is 0 Å². The van der Waals surface area contributed by atoms with Gasteiger partial charge in [-0.15, -0.1) is 0 Å². The third-order valence-electron chi connectivity index (χ3n) is 7.00. The Morgan fingerprint density at radius 3 is 2.20 bits per heavy atom. The second kappa shape index (κ2) is 7.39. The highest BCUT2D eigenvalue weighted by Crippen LogP contribution is 2.43. The SMILES string of the molecule is CC(C)(C)c1cc(-c2ccc(C(C)(C)C)c3c2oc2cc4c(ccc5ccccc54)cc23)ncn1. The summed E-state index contributed by atoms with van der Waals surface area (Å²) in [5, 5.41) is 7.25. The van der Waals surface area contributed by atoms with Crippen LogP contribution in [0.4, 0.5) is 0 Å². The van der Waals surface area contributed by atoms with E-state index in [1.54, 1.807) is 6.33 Å². The maximum atomic E-state index is 6.70. The van der Waals surface area contributed by atoms with Gasteiger partial charge in [0, 0.05) is 27.4 Å². The molecule has 6 aromatic rings. The van der Waals surface area contributed by atoms with Gasteiger partial charge in [-0.2, -0.15) is 0 Å². The Balaban J connectivity index is 1.72. The normalized spacial score (nSPS) is 12.9. The molecule has 35 heavy (non-hydrogen) atoms. The molecule has 4 aromatic carbocycles. The number of furan rings is 1.